The maximum absolute atomic E-state index is 12.2. The molecule has 1 atom stereocenters. The Kier molecular flexibility index (Phi) is 6.63. The van der Waals surface area contributed by atoms with Gasteiger partial charge < -0.3 is 15.7 Å². The van der Waals surface area contributed by atoms with Gasteiger partial charge in [-0.2, -0.15) is 0 Å². The summed E-state index contributed by atoms with van der Waals surface area (Å²) in [4.78, 5) is 12.2. The zero-order valence-electron chi connectivity index (χ0n) is 13.5. The third-order valence-electron chi connectivity index (χ3n) is 3.69. The summed E-state index contributed by atoms with van der Waals surface area (Å²) < 4.78 is 0. The first-order valence-electron chi connectivity index (χ1n) is 7.95. The van der Waals surface area contributed by atoms with Crippen LogP contribution in [-0.4, -0.2) is 17.7 Å². The summed E-state index contributed by atoms with van der Waals surface area (Å²) in [5.41, 5.74) is 3.30. The van der Waals surface area contributed by atoms with Crippen LogP contribution in [0.2, 0.25) is 0 Å². The number of carbonyl (C=O) groups excluding carboxylic acids is 1. The van der Waals surface area contributed by atoms with Gasteiger partial charge in [0, 0.05) is 13.2 Å². The number of rotatable bonds is 7. The second-order valence-corrected chi connectivity index (χ2v) is 5.65. The number of aliphatic hydroxyl groups excluding tert-OH is 1. The third kappa shape index (κ3) is 5.75. The highest BCUT2D eigenvalue weighted by molar-refractivity contribution is 5.74. The van der Waals surface area contributed by atoms with Crippen molar-refractivity contribution in [1.82, 2.24) is 10.6 Å². The average Bonchev–Trinajstić information content (AvgIpc) is 2.57. The Labute approximate surface area is 137 Å². The van der Waals surface area contributed by atoms with Crippen LogP contribution < -0.4 is 10.6 Å². The third-order valence-corrected chi connectivity index (χ3v) is 3.69. The molecule has 0 bridgehead atoms. The maximum atomic E-state index is 12.2. The van der Waals surface area contributed by atoms with E-state index in [0.29, 0.717) is 19.4 Å². The van der Waals surface area contributed by atoms with Gasteiger partial charge in [-0.05, 0) is 30.9 Å². The van der Waals surface area contributed by atoms with Gasteiger partial charge in [0.2, 0.25) is 0 Å². The average molecular weight is 312 g/mol. The highest BCUT2D eigenvalue weighted by Gasteiger charge is 2.13. The van der Waals surface area contributed by atoms with Gasteiger partial charge in [-0.1, -0.05) is 60.2 Å². The first-order chi connectivity index (χ1) is 11.2. The molecule has 2 rings (SSSR count). The molecule has 122 valence electrons. The van der Waals surface area contributed by atoms with E-state index in [1.807, 2.05) is 55.5 Å². The highest BCUT2D eigenvalue weighted by atomic mass is 16.3. The second-order valence-electron chi connectivity index (χ2n) is 5.65. The first-order valence-corrected chi connectivity index (χ1v) is 7.95. The van der Waals surface area contributed by atoms with Crippen LogP contribution in [0.25, 0.3) is 0 Å². The van der Waals surface area contributed by atoms with E-state index in [9.17, 15) is 4.79 Å². The molecule has 23 heavy (non-hydrogen) atoms. The summed E-state index contributed by atoms with van der Waals surface area (Å²) in [6, 6.07) is 17.6. The van der Waals surface area contributed by atoms with Crippen LogP contribution in [0.4, 0.5) is 4.79 Å². The smallest absolute Gasteiger partial charge is 0.315 e. The van der Waals surface area contributed by atoms with Crippen molar-refractivity contribution in [2.75, 3.05) is 6.61 Å². The molecule has 2 aromatic rings. The van der Waals surface area contributed by atoms with Gasteiger partial charge in [0.15, 0.2) is 0 Å². The molecule has 0 saturated heterocycles. The van der Waals surface area contributed by atoms with Gasteiger partial charge in [0.25, 0.3) is 0 Å². The molecule has 0 radical (unpaired) electrons. The van der Waals surface area contributed by atoms with Crippen molar-refractivity contribution in [1.29, 1.82) is 0 Å². The number of carbonyl (C=O) groups is 1. The lowest BCUT2D eigenvalue weighted by Crippen LogP contribution is -2.37. The Morgan fingerprint density at radius 1 is 1.13 bits per heavy atom. The van der Waals surface area contributed by atoms with Crippen LogP contribution in [0.1, 0.15) is 35.6 Å². The fourth-order valence-electron chi connectivity index (χ4n) is 2.52. The number of hydrogen-bond donors (Lipinski definition) is 3. The number of nitrogens with one attached hydrogen (secondary N) is 2. The fraction of sp³-hybridized carbons (Fsp3) is 0.316. The van der Waals surface area contributed by atoms with Crippen LogP contribution in [0.15, 0.2) is 54.6 Å². The molecular formula is C19H24N2O2. The lowest BCUT2D eigenvalue weighted by molar-refractivity contribution is 0.232. The summed E-state index contributed by atoms with van der Waals surface area (Å²) >= 11 is 0. The van der Waals surface area contributed by atoms with Crippen LogP contribution in [0.5, 0.6) is 0 Å². The fourth-order valence-corrected chi connectivity index (χ4v) is 2.52. The van der Waals surface area contributed by atoms with Crippen LogP contribution in [0, 0.1) is 6.92 Å². The van der Waals surface area contributed by atoms with Crippen molar-refractivity contribution in [3.8, 4) is 0 Å². The number of aliphatic hydroxyl groups is 1. The summed E-state index contributed by atoms with van der Waals surface area (Å²) in [6.07, 6.45) is 1.36. The van der Waals surface area contributed by atoms with E-state index < -0.39 is 0 Å². The first kappa shape index (κ1) is 17.0. The summed E-state index contributed by atoms with van der Waals surface area (Å²) in [5.74, 6) is 0. The topological polar surface area (TPSA) is 61.4 Å². The molecule has 4 heteroatoms. The quantitative estimate of drug-likeness (QED) is 0.734. The zero-order chi connectivity index (χ0) is 16.5. The number of hydrogen-bond acceptors (Lipinski definition) is 2. The minimum atomic E-state index is -0.196. The Morgan fingerprint density at radius 2 is 1.91 bits per heavy atom. The molecule has 2 aromatic carbocycles. The normalized spacial score (nSPS) is 11.7. The monoisotopic (exact) mass is 312 g/mol. The molecular weight excluding hydrogens is 288 g/mol. The van der Waals surface area contributed by atoms with Crippen molar-refractivity contribution in [2.24, 2.45) is 0 Å². The lowest BCUT2D eigenvalue weighted by Gasteiger charge is -2.19. The molecule has 1 unspecified atom stereocenters. The Bertz CT molecular complexity index is 614. The van der Waals surface area contributed by atoms with E-state index in [2.05, 4.69) is 16.7 Å². The van der Waals surface area contributed by atoms with Crippen LogP contribution in [-0.2, 0) is 6.54 Å². The number of amides is 2. The molecule has 0 aliphatic heterocycles. The van der Waals surface area contributed by atoms with Crippen molar-refractivity contribution >= 4 is 6.03 Å². The van der Waals surface area contributed by atoms with Crippen LogP contribution in [0.3, 0.4) is 0 Å². The number of urea groups is 1. The van der Waals surface area contributed by atoms with E-state index in [1.165, 1.54) is 5.56 Å². The van der Waals surface area contributed by atoms with E-state index in [-0.39, 0.29) is 18.7 Å². The maximum Gasteiger partial charge on any atom is 0.315 e. The van der Waals surface area contributed by atoms with E-state index in [4.69, 9.17) is 5.11 Å². The van der Waals surface area contributed by atoms with Gasteiger partial charge in [-0.3, -0.25) is 0 Å². The molecule has 0 aliphatic rings. The predicted molar refractivity (Wildman–Crippen MR) is 92.1 cm³/mol. The molecule has 0 fully saturated rings. The van der Waals surface area contributed by atoms with Gasteiger partial charge in [-0.15, -0.1) is 0 Å². The van der Waals surface area contributed by atoms with Crippen LogP contribution >= 0.6 is 0 Å². The minimum Gasteiger partial charge on any atom is -0.396 e. The molecule has 4 nitrogen and oxygen atoms in total. The molecule has 0 heterocycles. The Hall–Kier alpha value is -2.33. The Morgan fingerprint density at radius 3 is 2.61 bits per heavy atom. The number of aryl methyl sites for hydroxylation is 1. The van der Waals surface area contributed by atoms with Crippen molar-refractivity contribution in [3.05, 3.63) is 71.3 Å². The van der Waals surface area contributed by atoms with Gasteiger partial charge in [0.1, 0.15) is 0 Å². The molecule has 3 N–H and O–H groups in total. The van der Waals surface area contributed by atoms with Crippen molar-refractivity contribution in [2.45, 2.75) is 32.4 Å². The Balaban J connectivity index is 1.92. The van der Waals surface area contributed by atoms with Gasteiger partial charge in [0.05, 0.1) is 6.04 Å². The van der Waals surface area contributed by atoms with Gasteiger partial charge >= 0.3 is 6.03 Å². The molecule has 0 aromatic heterocycles. The summed E-state index contributed by atoms with van der Waals surface area (Å²) in [5, 5.41) is 14.9. The predicted octanol–water partition coefficient (Wildman–Crippen LogP) is 3.31. The summed E-state index contributed by atoms with van der Waals surface area (Å²) in [7, 11) is 0. The lowest BCUT2D eigenvalue weighted by atomic mass is 10.0. The zero-order valence-corrected chi connectivity index (χ0v) is 13.5. The van der Waals surface area contributed by atoms with Crippen molar-refractivity contribution in [3.63, 3.8) is 0 Å². The van der Waals surface area contributed by atoms with E-state index in [1.54, 1.807) is 0 Å². The molecule has 2 amide bonds. The van der Waals surface area contributed by atoms with E-state index in [0.717, 1.165) is 11.1 Å². The summed E-state index contributed by atoms with van der Waals surface area (Å²) in [6.45, 7) is 2.65. The molecule has 0 saturated carbocycles. The SMILES string of the molecule is Cc1cccc(CNC(=O)NC(CCCO)c2ccccc2)c1. The number of benzene rings is 2. The molecule has 0 aliphatic carbocycles. The minimum absolute atomic E-state index is 0.0964. The van der Waals surface area contributed by atoms with Crippen molar-refractivity contribution < 1.29 is 9.90 Å². The highest BCUT2D eigenvalue weighted by Crippen LogP contribution is 2.17. The van der Waals surface area contributed by atoms with Gasteiger partial charge in [-0.25, -0.2) is 4.79 Å². The second kappa shape index (κ2) is 8.96. The van der Waals surface area contributed by atoms with E-state index >= 15 is 0 Å². The largest absolute Gasteiger partial charge is 0.396 e. The standard InChI is InChI=1S/C19H24N2O2/c1-15-7-5-8-16(13-15)14-20-19(23)21-18(11-6-12-22)17-9-3-2-4-10-17/h2-5,7-10,13,18,22H,6,11-12,14H2,1H3,(H2,20,21,23). The molecule has 0 spiro atoms.